The molecule has 20 heavy (non-hydrogen) atoms. The third-order valence-electron chi connectivity index (χ3n) is 4.03. The molecule has 4 heteroatoms. The molecule has 0 radical (unpaired) electrons. The van der Waals surface area contributed by atoms with Crippen LogP contribution in [0.4, 0.5) is 0 Å². The van der Waals surface area contributed by atoms with E-state index in [0.717, 1.165) is 26.4 Å². The highest BCUT2D eigenvalue weighted by Gasteiger charge is 2.22. The second-order valence-electron chi connectivity index (χ2n) is 6.02. The summed E-state index contributed by atoms with van der Waals surface area (Å²) in [6.07, 6.45) is 8.56. The van der Waals surface area contributed by atoms with Crippen LogP contribution in [0, 0.1) is 0 Å². The Hall–Kier alpha value is 0.0969. The smallest absolute Gasteiger partial charge is 0.104 e. The quantitative estimate of drug-likeness (QED) is 0.263. The van der Waals surface area contributed by atoms with Gasteiger partial charge in [-0.2, -0.15) is 0 Å². The largest absolute Gasteiger partial charge is 0.385 e. The minimum atomic E-state index is -0.551. The zero-order valence-corrected chi connectivity index (χ0v) is 14.7. The van der Waals surface area contributed by atoms with Gasteiger partial charge in [-0.05, 0) is 12.8 Å². The highest BCUT2D eigenvalue weighted by Crippen LogP contribution is 2.16. The predicted molar refractivity (Wildman–Crippen MR) is 87.4 cm³/mol. The second kappa shape index (κ2) is 12.8. The number of methoxy groups -OCH3 is 1. The number of ether oxygens (including phenoxy) is 3. The summed E-state index contributed by atoms with van der Waals surface area (Å²) < 4.78 is 16.0. The third-order valence-corrected chi connectivity index (χ3v) is 7.71. The van der Waals surface area contributed by atoms with Crippen molar-refractivity contribution in [2.75, 3.05) is 33.5 Å². The average molecular weight is 303 g/mol. The molecule has 0 saturated carbocycles. The molecule has 1 fully saturated rings. The maximum absolute atomic E-state index is 5.65. The molecule has 0 N–H and O–H groups in total. The van der Waals surface area contributed by atoms with E-state index in [-0.39, 0.29) is 0 Å². The van der Waals surface area contributed by atoms with Gasteiger partial charge < -0.3 is 14.2 Å². The SMILES string of the molecule is CCCCCC[SiH](CCCOC)CCCOCC1CO1. The molecular weight excluding hydrogens is 268 g/mol. The van der Waals surface area contributed by atoms with Gasteiger partial charge in [0.05, 0.1) is 13.2 Å². The summed E-state index contributed by atoms with van der Waals surface area (Å²) in [6, 6.07) is 4.42. The van der Waals surface area contributed by atoms with Crippen LogP contribution in [-0.4, -0.2) is 48.4 Å². The lowest BCUT2D eigenvalue weighted by Gasteiger charge is -2.15. The molecule has 0 amide bonds. The van der Waals surface area contributed by atoms with Crippen molar-refractivity contribution < 1.29 is 14.2 Å². The van der Waals surface area contributed by atoms with Crippen LogP contribution >= 0.6 is 0 Å². The van der Waals surface area contributed by atoms with E-state index in [1.165, 1.54) is 56.7 Å². The fourth-order valence-corrected chi connectivity index (χ4v) is 5.88. The van der Waals surface area contributed by atoms with Crippen LogP contribution in [0.15, 0.2) is 0 Å². The predicted octanol–water partition coefficient (Wildman–Crippen LogP) is 3.64. The van der Waals surface area contributed by atoms with Gasteiger partial charge in [-0.3, -0.25) is 0 Å². The zero-order valence-electron chi connectivity index (χ0n) is 13.6. The first-order valence-corrected chi connectivity index (χ1v) is 11.0. The van der Waals surface area contributed by atoms with Crippen LogP contribution in [0.1, 0.15) is 45.4 Å². The van der Waals surface area contributed by atoms with Gasteiger partial charge in [0.2, 0.25) is 0 Å². The Morgan fingerprint density at radius 3 is 2.35 bits per heavy atom. The standard InChI is InChI=1S/C16H34O3Si/c1-3-4-5-6-11-20(12-7-9-17-2)13-8-10-18-14-16-15-19-16/h16,20H,3-15H2,1-2H3. The molecule has 1 aliphatic rings. The molecule has 1 saturated heterocycles. The molecule has 0 aromatic rings. The fraction of sp³-hybridized carbons (Fsp3) is 1.00. The fourth-order valence-electron chi connectivity index (χ4n) is 2.66. The van der Waals surface area contributed by atoms with Crippen molar-refractivity contribution in [1.82, 2.24) is 0 Å². The Kier molecular flexibility index (Phi) is 11.6. The van der Waals surface area contributed by atoms with Crippen molar-refractivity contribution in [3.63, 3.8) is 0 Å². The molecule has 1 rings (SSSR count). The normalized spacial score (nSPS) is 19.2. The first-order valence-electron chi connectivity index (χ1n) is 8.55. The molecule has 2 atom stereocenters. The van der Waals surface area contributed by atoms with Gasteiger partial charge in [-0.25, -0.2) is 0 Å². The monoisotopic (exact) mass is 302 g/mol. The van der Waals surface area contributed by atoms with Gasteiger partial charge >= 0.3 is 0 Å². The first-order chi connectivity index (χ1) is 9.86. The Morgan fingerprint density at radius 2 is 1.70 bits per heavy atom. The van der Waals surface area contributed by atoms with Crippen molar-refractivity contribution in [1.29, 1.82) is 0 Å². The molecule has 3 nitrogen and oxygen atoms in total. The zero-order chi connectivity index (χ0) is 14.5. The molecule has 0 aromatic carbocycles. The van der Waals surface area contributed by atoms with E-state index in [1.807, 2.05) is 7.11 Å². The van der Waals surface area contributed by atoms with E-state index in [2.05, 4.69) is 6.92 Å². The van der Waals surface area contributed by atoms with E-state index in [9.17, 15) is 0 Å². The third kappa shape index (κ3) is 10.8. The molecular formula is C16H34O3Si. The lowest BCUT2D eigenvalue weighted by molar-refractivity contribution is 0.117. The highest BCUT2D eigenvalue weighted by atomic mass is 28.3. The average Bonchev–Trinajstić information content (AvgIpc) is 3.27. The molecule has 0 spiro atoms. The van der Waals surface area contributed by atoms with E-state index >= 15 is 0 Å². The highest BCUT2D eigenvalue weighted by molar-refractivity contribution is 6.58. The van der Waals surface area contributed by atoms with Gasteiger partial charge in [0.25, 0.3) is 0 Å². The van der Waals surface area contributed by atoms with Crippen molar-refractivity contribution >= 4 is 8.80 Å². The van der Waals surface area contributed by atoms with Crippen molar-refractivity contribution in [2.45, 2.75) is 69.7 Å². The molecule has 1 aliphatic heterocycles. The number of rotatable bonds is 15. The number of hydrogen-bond donors (Lipinski definition) is 0. The lowest BCUT2D eigenvalue weighted by atomic mass is 10.2. The van der Waals surface area contributed by atoms with Crippen LogP contribution in [0.25, 0.3) is 0 Å². The molecule has 2 unspecified atom stereocenters. The van der Waals surface area contributed by atoms with Crippen LogP contribution in [-0.2, 0) is 14.2 Å². The molecule has 0 aromatic heterocycles. The van der Waals surface area contributed by atoms with E-state index < -0.39 is 8.80 Å². The summed E-state index contributed by atoms with van der Waals surface area (Å²) in [7, 11) is 1.26. The van der Waals surface area contributed by atoms with Crippen LogP contribution in [0.3, 0.4) is 0 Å². The number of hydrogen-bond acceptors (Lipinski definition) is 3. The summed E-state index contributed by atoms with van der Waals surface area (Å²) in [4.78, 5) is 0. The lowest BCUT2D eigenvalue weighted by Crippen LogP contribution is -2.14. The summed E-state index contributed by atoms with van der Waals surface area (Å²) >= 11 is 0. The maximum Gasteiger partial charge on any atom is 0.104 e. The minimum absolute atomic E-state index is 0.416. The second-order valence-corrected chi connectivity index (χ2v) is 9.49. The Labute approximate surface area is 127 Å². The summed E-state index contributed by atoms with van der Waals surface area (Å²) in [5.41, 5.74) is 0. The molecule has 120 valence electrons. The van der Waals surface area contributed by atoms with Crippen molar-refractivity contribution in [2.24, 2.45) is 0 Å². The van der Waals surface area contributed by atoms with E-state index in [4.69, 9.17) is 14.2 Å². The Bertz CT molecular complexity index is 210. The number of unbranched alkanes of at least 4 members (excludes halogenated alkanes) is 3. The van der Waals surface area contributed by atoms with Gasteiger partial charge in [0.15, 0.2) is 0 Å². The van der Waals surface area contributed by atoms with Gasteiger partial charge in [-0.15, -0.1) is 0 Å². The Balaban J connectivity index is 2.01. The van der Waals surface area contributed by atoms with Gasteiger partial charge in [0.1, 0.15) is 6.10 Å². The first kappa shape index (κ1) is 18.1. The number of epoxide rings is 1. The molecule has 0 bridgehead atoms. The van der Waals surface area contributed by atoms with Gasteiger partial charge in [0, 0.05) is 29.1 Å². The minimum Gasteiger partial charge on any atom is -0.385 e. The van der Waals surface area contributed by atoms with Crippen LogP contribution < -0.4 is 0 Å². The summed E-state index contributed by atoms with van der Waals surface area (Å²) in [5.74, 6) is 0. The van der Waals surface area contributed by atoms with Crippen LogP contribution in [0.5, 0.6) is 0 Å². The summed E-state index contributed by atoms with van der Waals surface area (Å²) in [5, 5.41) is 0. The van der Waals surface area contributed by atoms with Gasteiger partial charge in [-0.1, -0.05) is 50.7 Å². The maximum atomic E-state index is 5.65. The molecule has 1 heterocycles. The van der Waals surface area contributed by atoms with Crippen molar-refractivity contribution in [3.05, 3.63) is 0 Å². The topological polar surface area (TPSA) is 31.0 Å². The molecule has 0 aliphatic carbocycles. The van der Waals surface area contributed by atoms with E-state index in [0.29, 0.717) is 6.10 Å². The van der Waals surface area contributed by atoms with E-state index in [1.54, 1.807) is 0 Å². The van der Waals surface area contributed by atoms with Crippen molar-refractivity contribution in [3.8, 4) is 0 Å². The summed E-state index contributed by atoms with van der Waals surface area (Å²) in [6.45, 7) is 5.88. The van der Waals surface area contributed by atoms with Crippen LogP contribution in [0.2, 0.25) is 18.1 Å². The Morgan fingerprint density at radius 1 is 1.00 bits per heavy atom.